The van der Waals surface area contributed by atoms with E-state index in [0.29, 0.717) is 0 Å². The van der Waals surface area contributed by atoms with Gasteiger partial charge in [0, 0.05) is 53.1 Å². The lowest BCUT2D eigenvalue weighted by Gasteiger charge is -2.12. The Balaban J connectivity index is 1.25. The highest BCUT2D eigenvalue weighted by Crippen LogP contribution is 2.44. The zero-order valence-corrected chi connectivity index (χ0v) is 25.5. The highest BCUT2D eigenvalue weighted by molar-refractivity contribution is 7.26. The Morgan fingerprint density at radius 1 is 0.457 bits per heavy atom. The van der Waals surface area contributed by atoms with E-state index in [0.717, 1.165) is 38.9 Å². The standard InChI is InChI=1S/C42H25N3S/c1-2-12-26(13-3-1)41-32-18-6-9-19-35(32)43-42(44-41)33-25-39-40(31-17-5-4-14-28(31)33)34-24-27(22-23-38(34)46-39)45-36-20-10-7-15-29(36)30-16-8-11-21-37(30)45/h1-25H. The lowest BCUT2D eigenvalue weighted by atomic mass is 9.98. The van der Waals surface area contributed by atoms with E-state index in [1.165, 1.54) is 53.1 Å². The number of hydrogen-bond donors (Lipinski definition) is 0. The Bertz CT molecular complexity index is 2760. The van der Waals surface area contributed by atoms with Gasteiger partial charge in [-0.1, -0.05) is 109 Å². The van der Waals surface area contributed by atoms with Crippen molar-refractivity contribution in [2.75, 3.05) is 0 Å². The number of para-hydroxylation sites is 3. The molecule has 4 heteroatoms. The molecule has 0 unspecified atom stereocenters. The highest BCUT2D eigenvalue weighted by atomic mass is 32.1. The summed E-state index contributed by atoms with van der Waals surface area (Å²) in [6.07, 6.45) is 0. The minimum absolute atomic E-state index is 0.749. The van der Waals surface area contributed by atoms with Gasteiger partial charge in [-0.15, -0.1) is 11.3 Å². The van der Waals surface area contributed by atoms with Crippen LogP contribution < -0.4 is 0 Å². The SMILES string of the molecule is c1ccc(-c2nc(-c3cc4sc5ccc(-n6c7ccccc7c7ccccc76)cc5c4c4ccccc34)nc3ccccc23)cc1. The first-order valence-corrected chi connectivity index (χ1v) is 16.3. The summed E-state index contributed by atoms with van der Waals surface area (Å²) in [6.45, 7) is 0. The Morgan fingerprint density at radius 3 is 1.85 bits per heavy atom. The molecule has 46 heavy (non-hydrogen) atoms. The summed E-state index contributed by atoms with van der Waals surface area (Å²) < 4.78 is 4.91. The van der Waals surface area contributed by atoms with Gasteiger partial charge in [-0.3, -0.25) is 0 Å². The molecule has 0 spiro atoms. The van der Waals surface area contributed by atoms with E-state index in [-0.39, 0.29) is 0 Å². The molecular formula is C42H25N3S. The fourth-order valence-electron chi connectivity index (χ4n) is 7.17. The minimum Gasteiger partial charge on any atom is -0.309 e. The van der Waals surface area contributed by atoms with Crippen molar-refractivity contribution in [2.24, 2.45) is 0 Å². The molecule has 0 radical (unpaired) electrons. The third-order valence-corrected chi connectivity index (χ3v) is 10.3. The smallest absolute Gasteiger partial charge is 0.161 e. The molecule has 0 aliphatic carbocycles. The maximum absolute atomic E-state index is 5.25. The Labute approximate surface area is 268 Å². The average molecular weight is 604 g/mol. The number of aromatic nitrogens is 3. The summed E-state index contributed by atoms with van der Waals surface area (Å²) in [5, 5.41) is 8.53. The van der Waals surface area contributed by atoms with Crippen molar-refractivity contribution in [3.63, 3.8) is 0 Å². The minimum atomic E-state index is 0.749. The van der Waals surface area contributed by atoms with Crippen LogP contribution in [0.2, 0.25) is 0 Å². The summed E-state index contributed by atoms with van der Waals surface area (Å²) in [5.74, 6) is 0.749. The Hall–Kier alpha value is -5.84. The lowest BCUT2D eigenvalue weighted by molar-refractivity contribution is 1.19. The normalized spacial score (nSPS) is 11.9. The maximum atomic E-state index is 5.25. The Kier molecular flexibility index (Phi) is 5.45. The van der Waals surface area contributed by atoms with E-state index in [1.54, 1.807) is 0 Å². The summed E-state index contributed by atoms with van der Waals surface area (Å²) in [5.41, 5.74) is 7.66. The third kappa shape index (κ3) is 3.71. The van der Waals surface area contributed by atoms with Crippen LogP contribution in [0.25, 0.3) is 92.0 Å². The first-order chi connectivity index (χ1) is 22.8. The monoisotopic (exact) mass is 603 g/mol. The molecule has 10 rings (SSSR count). The van der Waals surface area contributed by atoms with Crippen LogP contribution in [-0.4, -0.2) is 14.5 Å². The predicted molar refractivity (Wildman–Crippen MR) is 195 cm³/mol. The first kappa shape index (κ1) is 25.5. The van der Waals surface area contributed by atoms with Gasteiger partial charge in [-0.05, 0) is 53.2 Å². The van der Waals surface area contributed by atoms with Gasteiger partial charge < -0.3 is 4.57 Å². The van der Waals surface area contributed by atoms with Crippen LogP contribution in [0.15, 0.2) is 152 Å². The average Bonchev–Trinajstić information content (AvgIpc) is 3.66. The zero-order valence-electron chi connectivity index (χ0n) is 24.7. The van der Waals surface area contributed by atoms with E-state index in [4.69, 9.17) is 9.97 Å². The molecule has 3 heterocycles. The van der Waals surface area contributed by atoms with Crippen LogP contribution in [0.3, 0.4) is 0 Å². The predicted octanol–water partition coefficient (Wildman–Crippen LogP) is 11.6. The molecular weight excluding hydrogens is 579 g/mol. The van der Waals surface area contributed by atoms with Gasteiger partial charge in [-0.2, -0.15) is 0 Å². The number of benzene rings is 7. The zero-order chi connectivity index (χ0) is 30.2. The van der Waals surface area contributed by atoms with Gasteiger partial charge in [0.05, 0.1) is 22.2 Å². The van der Waals surface area contributed by atoms with Crippen LogP contribution in [0, 0.1) is 0 Å². The molecule has 0 saturated heterocycles. The van der Waals surface area contributed by atoms with Crippen LogP contribution in [-0.2, 0) is 0 Å². The van der Waals surface area contributed by atoms with Crippen molar-refractivity contribution in [1.29, 1.82) is 0 Å². The fourth-order valence-corrected chi connectivity index (χ4v) is 8.31. The summed E-state index contributed by atoms with van der Waals surface area (Å²) in [7, 11) is 0. The Morgan fingerprint density at radius 2 is 1.09 bits per heavy atom. The molecule has 0 atom stereocenters. The summed E-state index contributed by atoms with van der Waals surface area (Å²) in [6, 6.07) is 54.1. The van der Waals surface area contributed by atoms with Crippen LogP contribution in [0.5, 0.6) is 0 Å². The van der Waals surface area contributed by atoms with E-state index >= 15 is 0 Å². The molecule has 0 fully saturated rings. The molecule has 0 aliphatic heterocycles. The summed E-state index contributed by atoms with van der Waals surface area (Å²) >= 11 is 1.84. The second-order valence-corrected chi connectivity index (χ2v) is 12.9. The lowest BCUT2D eigenvalue weighted by Crippen LogP contribution is -1.96. The van der Waals surface area contributed by atoms with Gasteiger partial charge >= 0.3 is 0 Å². The number of hydrogen-bond acceptors (Lipinski definition) is 3. The van der Waals surface area contributed by atoms with Crippen molar-refractivity contribution in [1.82, 2.24) is 14.5 Å². The van der Waals surface area contributed by atoms with Crippen molar-refractivity contribution in [2.45, 2.75) is 0 Å². The van der Waals surface area contributed by atoms with E-state index in [1.807, 2.05) is 17.4 Å². The second kappa shape index (κ2) is 9.83. The van der Waals surface area contributed by atoms with Crippen molar-refractivity contribution < 1.29 is 0 Å². The van der Waals surface area contributed by atoms with Crippen LogP contribution in [0.1, 0.15) is 0 Å². The number of thiophene rings is 1. The fraction of sp³-hybridized carbons (Fsp3) is 0. The summed E-state index contributed by atoms with van der Waals surface area (Å²) in [4.78, 5) is 10.4. The number of rotatable bonds is 3. The third-order valence-electron chi connectivity index (χ3n) is 9.19. The molecule has 3 nitrogen and oxygen atoms in total. The number of nitrogens with zero attached hydrogens (tertiary/aromatic N) is 3. The van der Waals surface area contributed by atoms with Gasteiger partial charge in [-0.25, -0.2) is 9.97 Å². The highest BCUT2D eigenvalue weighted by Gasteiger charge is 2.19. The maximum Gasteiger partial charge on any atom is 0.161 e. The molecule has 0 bridgehead atoms. The van der Waals surface area contributed by atoms with Crippen molar-refractivity contribution in [3.8, 4) is 28.3 Å². The van der Waals surface area contributed by atoms with Crippen molar-refractivity contribution in [3.05, 3.63) is 152 Å². The van der Waals surface area contributed by atoms with E-state index < -0.39 is 0 Å². The molecule has 0 N–H and O–H groups in total. The topological polar surface area (TPSA) is 30.7 Å². The van der Waals surface area contributed by atoms with E-state index in [9.17, 15) is 0 Å². The van der Waals surface area contributed by atoms with Gasteiger partial charge in [0.25, 0.3) is 0 Å². The molecule has 10 aromatic rings. The first-order valence-electron chi connectivity index (χ1n) is 15.5. The van der Waals surface area contributed by atoms with Crippen LogP contribution >= 0.6 is 11.3 Å². The molecule has 214 valence electrons. The molecule has 3 aromatic heterocycles. The molecule has 0 saturated carbocycles. The van der Waals surface area contributed by atoms with Gasteiger partial charge in [0.2, 0.25) is 0 Å². The van der Waals surface area contributed by atoms with E-state index in [2.05, 4.69) is 150 Å². The number of fused-ring (bicyclic) bond motifs is 9. The molecule has 0 aliphatic rings. The van der Waals surface area contributed by atoms with Gasteiger partial charge in [0.15, 0.2) is 5.82 Å². The second-order valence-electron chi connectivity index (χ2n) is 11.8. The largest absolute Gasteiger partial charge is 0.309 e. The van der Waals surface area contributed by atoms with Gasteiger partial charge in [0.1, 0.15) is 0 Å². The van der Waals surface area contributed by atoms with Crippen molar-refractivity contribution >= 4 is 75.0 Å². The molecule has 7 aromatic carbocycles. The van der Waals surface area contributed by atoms with Crippen LogP contribution in [0.4, 0.5) is 0 Å². The molecule has 0 amide bonds. The quantitative estimate of drug-likeness (QED) is 0.201.